The van der Waals surface area contributed by atoms with Gasteiger partial charge in [0.25, 0.3) is 5.69 Å². The fraction of sp³-hybridized carbons (Fsp3) is 0.308. The Hall–Kier alpha value is -3.17. The second-order valence-electron chi connectivity index (χ2n) is 4.71. The predicted molar refractivity (Wildman–Crippen MR) is 80.2 cm³/mol. The number of nitro benzene ring substituents is 1. The van der Waals surface area contributed by atoms with Gasteiger partial charge in [-0.15, -0.1) is 0 Å². The molecule has 0 aliphatic carbocycles. The molecule has 2 N–H and O–H groups in total. The maximum absolute atomic E-state index is 11.9. The third kappa shape index (κ3) is 3.54. The molecule has 0 bridgehead atoms. The largest absolute Gasteiger partial charge is 0.457 e. The normalized spacial score (nSPS) is 14.3. The number of fused-ring (bicyclic) bond motifs is 1. The van der Waals surface area contributed by atoms with Gasteiger partial charge in [0.05, 0.1) is 27.8 Å². The summed E-state index contributed by atoms with van der Waals surface area (Å²) in [6.07, 6.45) is 1.38. The molecule has 1 aliphatic heterocycles. The van der Waals surface area contributed by atoms with Crippen molar-refractivity contribution in [1.82, 2.24) is 0 Å². The van der Waals surface area contributed by atoms with E-state index in [1.807, 2.05) is 6.92 Å². The molecule has 1 aromatic rings. The number of hydrogen-bond acceptors (Lipinski definition) is 8. The Bertz CT molecular complexity index is 700. The summed E-state index contributed by atoms with van der Waals surface area (Å²) in [6.45, 7) is 1.97. The zero-order chi connectivity index (χ0) is 17.0. The highest BCUT2D eigenvalue weighted by Crippen LogP contribution is 2.34. The second kappa shape index (κ2) is 6.73. The van der Waals surface area contributed by atoms with Crippen LogP contribution in [-0.2, 0) is 9.53 Å². The zero-order valence-corrected chi connectivity index (χ0v) is 12.2. The summed E-state index contributed by atoms with van der Waals surface area (Å²) in [7, 11) is 0. The average Bonchev–Trinajstić information content (AvgIpc) is 2.89. The molecule has 0 amide bonds. The minimum Gasteiger partial charge on any atom is -0.457 e. The number of non-ortho nitro benzene ring substituents is 1. The van der Waals surface area contributed by atoms with E-state index in [1.165, 1.54) is 18.2 Å². The highest BCUT2D eigenvalue weighted by molar-refractivity contribution is 5.91. The van der Waals surface area contributed by atoms with Gasteiger partial charge in [0.15, 0.2) is 5.82 Å². The number of hydrogen-bond donors (Lipinski definition) is 2. The van der Waals surface area contributed by atoms with Crippen LogP contribution in [0.2, 0.25) is 0 Å². The zero-order valence-electron chi connectivity index (χ0n) is 12.2. The third-order valence-corrected chi connectivity index (χ3v) is 3.08. The van der Waals surface area contributed by atoms with E-state index >= 15 is 0 Å². The molecule has 1 aromatic carbocycles. The molecule has 122 valence electrons. The van der Waals surface area contributed by atoms with Crippen molar-refractivity contribution >= 4 is 23.0 Å². The highest BCUT2D eigenvalue weighted by Gasteiger charge is 2.33. The highest BCUT2D eigenvalue weighted by atomic mass is 16.6. The van der Waals surface area contributed by atoms with Crippen LogP contribution < -0.4 is 10.6 Å². The summed E-state index contributed by atoms with van der Waals surface area (Å²) in [6, 6.07) is 3.87. The van der Waals surface area contributed by atoms with Gasteiger partial charge in [-0.3, -0.25) is 20.2 Å². The molecule has 23 heavy (non-hydrogen) atoms. The lowest BCUT2D eigenvalue weighted by Gasteiger charge is -2.04. The van der Waals surface area contributed by atoms with Crippen LogP contribution in [0.1, 0.15) is 19.8 Å². The van der Waals surface area contributed by atoms with E-state index in [1.54, 1.807) is 0 Å². The molecule has 1 heterocycles. The number of carbonyl (C=O) groups excluding carboxylic acids is 1. The molecular weight excluding hydrogens is 308 g/mol. The molecule has 2 rings (SSSR count). The van der Waals surface area contributed by atoms with Crippen LogP contribution in [0.15, 0.2) is 29.7 Å². The van der Waals surface area contributed by atoms with Gasteiger partial charge in [0.1, 0.15) is 0 Å². The van der Waals surface area contributed by atoms with Crippen molar-refractivity contribution in [2.24, 2.45) is 0 Å². The molecule has 1 aliphatic rings. The maximum atomic E-state index is 11.9. The van der Waals surface area contributed by atoms with Crippen LogP contribution in [-0.4, -0.2) is 22.4 Å². The molecule has 0 unspecified atom stereocenters. The van der Waals surface area contributed by atoms with Gasteiger partial charge < -0.3 is 15.4 Å². The van der Waals surface area contributed by atoms with Crippen LogP contribution >= 0.6 is 0 Å². The SMILES string of the molecule is CCCCOC(=O)C(=C1Nc2ccc([N+](=O)[O-])cc2N1)[N+](=O)[O-]. The lowest BCUT2D eigenvalue weighted by atomic mass is 10.2. The van der Waals surface area contributed by atoms with E-state index < -0.39 is 21.5 Å². The minimum absolute atomic E-state index is 0.0817. The fourth-order valence-corrected chi connectivity index (χ4v) is 1.92. The monoisotopic (exact) mass is 322 g/mol. The lowest BCUT2D eigenvalue weighted by Crippen LogP contribution is -2.21. The van der Waals surface area contributed by atoms with E-state index in [-0.39, 0.29) is 23.8 Å². The Morgan fingerprint density at radius 1 is 1.22 bits per heavy atom. The number of rotatable bonds is 6. The molecule has 0 saturated carbocycles. The Labute approximate surface area is 130 Å². The number of anilines is 2. The smallest absolute Gasteiger partial charge is 0.413 e. The quantitative estimate of drug-likeness (QED) is 0.267. The summed E-state index contributed by atoms with van der Waals surface area (Å²) >= 11 is 0. The van der Waals surface area contributed by atoms with Gasteiger partial charge in [-0.2, -0.15) is 0 Å². The first-order valence-corrected chi connectivity index (χ1v) is 6.82. The first kappa shape index (κ1) is 16.2. The van der Waals surface area contributed by atoms with Crippen molar-refractivity contribution in [2.45, 2.75) is 19.8 Å². The molecule has 0 spiro atoms. The van der Waals surface area contributed by atoms with Crippen molar-refractivity contribution in [3.05, 3.63) is 49.9 Å². The van der Waals surface area contributed by atoms with E-state index in [2.05, 4.69) is 10.6 Å². The topological polar surface area (TPSA) is 137 Å². The lowest BCUT2D eigenvalue weighted by molar-refractivity contribution is -0.422. The van der Waals surface area contributed by atoms with E-state index in [0.29, 0.717) is 12.1 Å². The first-order valence-electron chi connectivity index (χ1n) is 6.82. The summed E-state index contributed by atoms with van der Waals surface area (Å²) in [5, 5.41) is 27.1. The summed E-state index contributed by atoms with van der Waals surface area (Å²) in [4.78, 5) is 32.3. The fourth-order valence-electron chi connectivity index (χ4n) is 1.92. The van der Waals surface area contributed by atoms with Crippen LogP contribution in [0.25, 0.3) is 0 Å². The van der Waals surface area contributed by atoms with Crippen LogP contribution in [0, 0.1) is 20.2 Å². The van der Waals surface area contributed by atoms with Crippen LogP contribution in [0.3, 0.4) is 0 Å². The van der Waals surface area contributed by atoms with Gasteiger partial charge in [-0.25, -0.2) is 4.79 Å². The molecule has 0 atom stereocenters. The van der Waals surface area contributed by atoms with Crippen molar-refractivity contribution in [3.8, 4) is 0 Å². The Morgan fingerprint density at radius 3 is 2.52 bits per heavy atom. The van der Waals surface area contributed by atoms with Gasteiger partial charge in [0, 0.05) is 12.1 Å². The van der Waals surface area contributed by atoms with Gasteiger partial charge >= 0.3 is 11.7 Å². The van der Waals surface area contributed by atoms with Gasteiger partial charge in [0.2, 0.25) is 0 Å². The number of benzene rings is 1. The first-order chi connectivity index (χ1) is 10.9. The standard InChI is InChI=1S/C13H14N4O6/c1-2-3-6-23-13(18)11(17(21)22)12-14-9-5-4-8(16(19)20)7-10(9)15-12/h4-5,7,14-15H,2-3,6H2,1H3. The number of carbonyl (C=O) groups is 1. The second-order valence-corrected chi connectivity index (χ2v) is 4.71. The average molecular weight is 322 g/mol. The number of nitro groups is 2. The summed E-state index contributed by atoms with van der Waals surface area (Å²) < 4.78 is 4.85. The number of esters is 1. The van der Waals surface area contributed by atoms with Gasteiger partial charge in [-0.1, -0.05) is 13.3 Å². The molecular formula is C13H14N4O6. The number of ether oxygens (including phenoxy) is 1. The van der Waals surface area contributed by atoms with Gasteiger partial charge in [-0.05, 0) is 12.5 Å². The Balaban J connectivity index is 2.26. The Kier molecular flexibility index (Phi) is 4.74. The molecule has 0 fully saturated rings. The van der Waals surface area contributed by atoms with Crippen LogP contribution in [0.4, 0.5) is 17.1 Å². The maximum Gasteiger partial charge on any atom is 0.413 e. The predicted octanol–water partition coefficient (Wildman–Crippen LogP) is 2.22. The molecule has 0 aromatic heterocycles. The van der Waals surface area contributed by atoms with Crippen molar-refractivity contribution < 1.29 is 19.4 Å². The molecule has 10 heteroatoms. The minimum atomic E-state index is -1.07. The number of nitrogens with one attached hydrogen (secondary N) is 2. The molecule has 0 saturated heterocycles. The van der Waals surface area contributed by atoms with Crippen molar-refractivity contribution in [1.29, 1.82) is 0 Å². The van der Waals surface area contributed by atoms with Crippen molar-refractivity contribution in [3.63, 3.8) is 0 Å². The van der Waals surface area contributed by atoms with E-state index in [9.17, 15) is 25.0 Å². The Morgan fingerprint density at radius 2 is 1.91 bits per heavy atom. The van der Waals surface area contributed by atoms with Crippen LogP contribution in [0.5, 0.6) is 0 Å². The van der Waals surface area contributed by atoms with E-state index in [4.69, 9.17) is 4.74 Å². The number of nitrogens with zero attached hydrogens (tertiary/aromatic N) is 2. The molecule has 10 nitrogen and oxygen atoms in total. The summed E-state index contributed by atoms with van der Waals surface area (Å²) in [5.41, 5.74) is -0.284. The molecule has 0 radical (unpaired) electrons. The van der Waals surface area contributed by atoms with Crippen molar-refractivity contribution in [2.75, 3.05) is 17.2 Å². The third-order valence-electron chi connectivity index (χ3n) is 3.08. The summed E-state index contributed by atoms with van der Waals surface area (Å²) in [5.74, 6) is -1.24. The number of unbranched alkanes of at least 4 members (excludes halogenated alkanes) is 1. The van der Waals surface area contributed by atoms with E-state index in [0.717, 1.165) is 6.42 Å².